The van der Waals surface area contributed by atoms with Crippen molar-refractivity contribution in [1.82, 2.24) is 5.32 Å². The normalized spacial score (nSPS) is 16.9. The van der Waals surface area contributed by atoms with Crippen molar-refractivity contribution in [3.8, 4) is 0 Å². The van der Waals surface area contributed by atoms with Gasteiger partial charge in [-0.3, -0.25) is 0 Å². The van der Waals surface area contributed by atoms with Crippen molar-refractivity contribution in [1.29, 1.82) is 0 Å². The summed E-state index contributed by atoms with van der Waals surface area (Å²) in [6.45, 7) is 7.52. The van der Waals surface area contributed by atoms with Crippen LogP contribution in [0.1, 0.15) is 33.1 Å². The lowest BCUT2D eigenvalue weighted by Gasteiger charge is -2.10. The fourth-order valence-corrected chi connectivity index (χ4v) is 1.52. The molecule has 0 aromatic carbocycles. The van der Waals surface area contributed by atoms with Gasteiger partial charge < -0.3 is 10.1 Å². The van der Waals surface area contributed by atoms with E-state index in [1.54, 1.807) is 0 Å². The fraction of sp³-hybridized carbons (Fsp3) is 0.692. The number of allylic oxidation sites excluding steroid dienone is 2. The van der Waals surface area contributed by atoms with Crippen molar-refractivity contribution >= 4 is 0 Å². The van der Waals surface area contributed by atoms with Crippen LogP contribution in [0, 0.1) is 5.92 Å². The summed E-state index contributed by atoms with van der Waals surface area (Å²) in [7, 11) is 0. The first-order chi connectivity index (χ1) is 7.29. The molecule has 0 atom stereocenters. The number of ether oxygens (including phenoxy) is 1. The molecule has 0 saturated heterocycles. The first-order valence-electron chi connectivity index (χ1n) is 5.97. The molecule has 0 amide bonds. The van der Waals surface area contributed by atoms with E-state index in [1.165, 1.54) is 5.57 Å². The van der Waals surface area contributed by atoms with Crippen LogP contribution in [0.3, 0.4) is 0 Å². The molecule has 2 heteroatoms. The van der Waals surface area contributed by atoms with Gasteiger partial charge in [0, 0.05) is 0 Å². The van der Waals surface area contributed by atoms with E-state index in [0.717, 1.165) is 44.9 Å². The number of nitrogens with one attached hydrogen (secondary N) is 1. The summed E-state index contributed by atoms with van der Waals surface area (Å²) in [6.07, 6.45) is 9.73. The van der Waals surface area contributed by atoms with Gasteiger partial charge in [-0.1, -0.05) is 26.0 Å². The Labute approximate surface area is 93.4 Å². The second kappa shape index (κ2) is 7.52. The van der Waals surface area contributed by atoms with Gasteiger partial charge in [-0.25, -0.2) is 0 Å². The molecule has 0 bridgehead atoms. The van der Waals surface area contributed by atoms with Gasteiger partial charge >= 0.3 is 0 Å². The lowest BCUT2D eigenvalue weighted by Crippen LogP contribution is -2.20. The van der Waals surface area contributed by atoms with Gasteiger partial charge in [-0.05, 0) is 43.8 Å². The summed E-state index contributed by atoms with van der Waals surface area (Å²) in [4.78, 5) is 0. The molecule has 0 radical (unpaired) electrons. The zero-order valence-corrected chi connectivity index (χ0v) is 9.96. The summed E-state index contributed by atoms with van der Waals surface area (Å²) in [5, 5.41) is 3.42. The molecule has 86 valence electrons. The fourth-order valence-electron chi connectivity index (χ4n) is 1.52. The zero-order chi connectivity index (χ0) is 10.9. The maximum atomic E-state index is 5.26. The minimum Gasteiger partial charge on any atom is -0.501 e. The Morgan fingerprint density at radius 2 is 2.40 bits per heavy atom. The molecule has 1 N–H and O–H groups in total. The average Bonchev–Trinajstić information content (AvgIpc) is 2.24. The molecule has 0 unspecified atom stereocenters. The third-order valence-electron chi connectivity index (χ3n) is 2.33. The molecule has 1 aliphatic rings. The van der Waals surface area contributed by atoms with Crippen molar-refractivity contribution in [3.05, 3.63) is 24.0 Å². The zero-order valence-electron chi connectivity index (χ0n) is 9.96. The Hall–Kier alpha value is -0.760. The summed E-state index contributed by atoms with van der Waals surface area (Å²) < 4.78 is 5.26. The third kappa shape index (κ3) is 6.34. The molecular weight excluding hydrogens is 186 g/mol. The number of hydrogen-bond acceptors (Lipinski definition) is 2. The molecule has 0 aromatic rings. The smallest absolute Gasteiger partial charge is 0.0876 e. The van der Waals surface area contributed by atoms with E-state index in [9.17, 15) is 0 Å². The van der Waals surface area contributed by atoms with Crippen LogP contribution in [0.4, 0.5) is 0 Å². The standard InChI is InChI=1S/C13H23NO/c1-12(2)10-14-8-4-3-6-13-7-5-9-15-11-13/h3,6,11-12,14H,4-5,7-10H2,1-2H3/b6-3+. The van der Waals surface area contributed by atoms with E-state index in [4.69, 9.17) is 4.74 Å². The molecule has 15 heavy (non-hydrogen) atoms. The molecular formula is C13H23NO. The van der Waals surface area contributed by atoms with E-state index in [0.29, 0.717) is 0 Å². The summed E-state index contributed by atoms with van der Waals surface area (Å²) >= 11 is 0. The van der Waals surface area contributed by atoms with E-state index >= 15 is 0 Å². The minimum atomic E-state index is 0.739. The van der Waals surface area contributed by atoms with Crippen molar-refractivity contribution in [2.24, 2.45) is 5.92 Å². The first-order valence-corrected chi connectivity index (χ1v) is 5.97. The summed E-state index contributed by atoms with van der Waals surface area (Å²) in [5.74, 6) is 0.739. The Morgan fingerprint density at radius 3 is 3.07 bits per heavy atom. The second-order valence-electron chi connectivity index (χ2n) is 4.46. The summed E-state index contributed by atoms with van der Waals surface area (Å²) in [6, 6.07) is 0. The van der Waals surface area contributed by atoms with Crippen LogP contribution in [0.2, 0.25) is 0 Å². The molecule has 1 aliphatic heterocycles. The lowest BCUT2D eigenvalue weighted by atomic mass is 10.1. The maximum absolute atomic E-state index is 5.26. The highest BCUT2D eigenvalue weighted by molar-refractivity contribution is 5.17. The molecule has 0 saturated carbocycles. The SMILES string of the molecule is CC(C)CNCC/C=C/C1=COCCC1. The van der Waals surface area contributed by atoms with Crippen LogP contribution >= 0.6 is 0 Å². The summed E-state index contributed by atoms with van der Waals surface area (Å²) in [5.41, 5.74) is 1.32. The second-order valence-corrected chi connectivity index (χ2v) is 4.46. The van der Waals surface area contributed by atoms with Gasteiger partial charge in [-0.2, -0.15) is 0 Å². The van der Waals surface area contributed by atoms with E-state index in [1.807, 2.05) is 6.26 Å². The minimum absolute atomic E-state index is 0.739. The van der Waals surface area contributed by atoms with Crippen LogP contribution in [-0.4, -0.2) is 19.7 Å². The lowest BCUT2D eigenvalue weighted by molar-refractivity contribution is 0.227. The Balaban J connectivity index is 2.03. The molecule has 0 fully saturated rings. The van der Waals surface area contributed by atoms with Gasteiger partial charge in [0.1, 0.15) is 0 Å². The molecule has 0 aromatic heterocycles. The monoisotopic (exact) mass is 209 g/mol. The Kier molecular flexibility index (Phi) is 6.17. The van der Waals surface area contributed by atoms with Crippen LogP contribution in [0.15, 0.2) is 24.0 Å². The van der Waals surface area contributed by atoms with E-state index in [-0.39, 0.29) is 0 Å². The Morgan fingerprint density at radius 1 is 1.53 bits per heavy atom. The highest BCUT2D eigenvalue weighted by Crippen LogP contribution is 2.12. The number of rotatable bonds is 6. The Bertz CT molecular complexity index is 219. The average molecular weight is 209 g/mol. The highest BCUT2D eigenvalue weighted by Gasteiger charge is 1.99. The molecule has 0 aliphatic carbocycles. The predicted octanol–water partition coefficient (Wildman–Crippen LogP) is 2.87. The topological polar surface area (TPSA) is 21.3 Å². The quantitative estimate of drug-likeness (QED) is 0.679. The maximum Gasteiger partial charge on any atom is 0.0876 e. The van der Waals surface area contributed by atoms with Crippen molar-refractivity contribution in [2.75, 3.05) is 19.7 Å². The molecule has 1 rings (SSSR count). The third-order valence-corrected chi connectivity index (χ3v) is 2.33. The molecule has 2 nitrogen and oxygen atoms in total. The van der Waals surface area contributed by atoms with Gasteiger partial charge in [0.25, 0.3) is 0 Å². The van der Waals surface area contributed by atoms with Gasteiger partial charge in [0.15, 0.2) is 0 Å². The van der Waals surface area contributed by atoms with Crippen molar-refractivity contribution in [2.45, 2.75) is 33.1 Å². The van der Waals surface area contributed by atoms with Gasteiger partial charge in [0.2, 0.25) is 0 Å². The van der Waals surface area contributed by atoms with Crippen LogP contribution in [0.5, 0.6) is 0 Å². The van der Waals surface area contributed by atoms with Gasteiger partial charge in [0.05, 0.1) is 12.9 Å². The highest BCUT2D eigenvalue weighted by atomic mass is 16.5. The van der Waals surface area contributed by atoms with Crippen LogP contribution in [-0.2, 0) is 4.74 Å². The van der Waals surface area contributed by atoms with Crippen molar-refractivity contribution in [3.63, 3.8) is 0 Å². The van der Waals surface area contributed by atoms with Crippen LogP contribution < -0.4 is 5.32 Å². The number of hydrogen-bond donors (Lipinski definition) is 1. The van der Waals surface area contributed by atoms with E-state index in [2.05, 4.69) is 31.3 Å². The van der Waals surface area contributed by atoms with E-state index < -0.39 is 0 Å². The van der Waals surface area contributed by atoms with Gasteiger partial charge in [-0.15, -0.1) is 0 Å². The van der Waals surface area contributed by atoms with Crippen LogP contribution in [0.25, 0.3) is 0 Å². The first kappa shape index (κ1) is 12.3. The van der Waals surface area contributed by atoms with Crippen molar-refractivity contribution < 1.29 is 4.74 Å². The predicted molar refractivity (Wildman–Crippen MR) is 64.7 cm³/mol. The largest absolute Gasteiger partial charge is 0.501 e. The molecule has 1 heterocycles. The molecule has 0 spiro atoms.